The van der Waals surface area contributed by atoms with Crippen LogP contribution in [0.5, 0.6) is 5.75 Å². The van der Waals surface area contributed by atoms with Gasteiger partial charge in [-0.3, -0.25) is 0 Å². The third-order valence-electron chi connectivity index (χ3n) is 3.10. The molecule has 0 saturated heterocycles. The average Bonchev–Trinajstić information content (AvgIpc) is 2.45. The van der Waals surface area contributed by atoms with Crippen molar-refractivity contribution in [3.05, 3.63) is 52.8 Å². The highest BCUT2D eigenvalue weighted by Crippen LogP contribution is 2.35. The van der Waals surface area contributed by atoms with Gasteiger partial charge in [0.1, 0.15) is 11.6 Å². The minimum absolute atomic E-state index is 0.229. The molecule has 0 aliphatic rings. The summed E-state index contributed by atoms with van der Waals surface area (Å²) in [6, 6.07) is 10.7. The predicted octanol–water partition coefficient (Wildman–Crippen LogP) is 5.48. The number of aryl methyl sites for hydroxylation is 1. The molecule has 0 amide bonds. The van der Waals surface area contributed by atoms with E-state index < -0.39 is 0 Å². The molecule has 0 atom stereocenters. The highest BCUT2D eigenvalue weighted by molar-refractivity contribution is 9.09. The first-order valence-electron chi connectivity index (χ1n) is 6.34. The van der Waals surface area contributed by atoms with Crippen LogP contribution in [0.1, 0.15) is 12.0 Å². The van der Waals surface area contributed by atoms with E-state index in [2.05, 4.69) is 15.9 Å². The Morgan fingerprint density at radius 3 is 2.70 bits per heavy atom. The molecule has 0 aliphatic carbocycles. The Balaban J connectivity index is 2.54. The Morgan fingerprint density at radius 1 is 1.25 bits per heavy atom. The van der Waals surface area contributed by atoms with E-state index in [1.807, 2.05) is 18.2 Å². The fourth-order valence-corrected chi connectivity index (χ4v) is 2.61. The predicted molar refractivity (Wildman–Crippen MR) is 85.5 cm³/mol. The van der Waals surface area contributed by atoms with E-state index in [-0.39, 0.29) is 5.82 Å². The lowest BCUT2D eigenvalue weighted by molar-refractivity contribution is 0.413. The number of ether oxygens (including phenoxy) is 1. The fourth-order valence-electron chi connectivity index (χ4n) is 2.13. The summed E-state index contributed by atoms with van der Waals surface area (Å²) in [7, 11) is 1.54. The molecule has 0 fully saturated rings. The topological polar surface area (TPSA) is 9.23 Å². The Labute approximate surface area is 131 Å². The highest BCUT2D eigenvalue weighted by Gasteiger charge is 2.16. The van der Waals surface area contributed by atoms with Gasteiger partial charge in [0.2, 0.25) is 0 Å². The van der Waals surface area contributed by atoms with Crippen LogP contribution >= 0.6 is 27.5 Å². The molecule has 2 aromatic rings. The van der Waals surface area contributed by atoms with Gasteiger partial charge >= 0.3 is 0 Å². The highest BCUT2D eigenvalue weighted by atomic mass is 79.9. The molecule has 4 heteroatoms. The number of methoxy groups -OCH3 is 1. The Morgan fingerprint density at radius 2 is 2.05 bits per heavy atom. The first-order valence-corrected chi connectivity index (χ1v) is 7.84. The Hall–Kier alpha value is -1.06. The van der Waals surface area contributed by atoms with Crippen molar-refractivity contribution >= 4 is 27.5 Å². The van der Waals surface area contributed by atoms with E-state index >= 15 is 0 Å². The fraction of sp³-hybridized carbons (Fsp3) is 0.250. The second kappa shape index (κ2) is 7.09. The summed E-state index contributed by atoms with van der Waals surface area (Å²) in [4.78, 5) is 0. The van der Waals surface area contributed by atoms with Crippen LogP contribution in [-0.4, -0.2) is 12.4 Å². The van der Waals surface area contributed by atoms with Crippen molar-refractivity contribution in [1.82, 2.24) is 0 Å². The molecule has 0 N–H and O–H groups in total. The van der Waals surface area contributed by atoms with Crippen molar-refractivity contribution in [2.75, 3.05) is 12.4 Å². The Bertz CT molecular complexity index is 601. The van der Waals surface area contributed by atoms with Gasteiger partial charge in [-0.25, -0.2) is 4.39 Å². The molecule has 2 rings (SSSR count). The van der Waals surface area contributed by atoms with Crippen LogP contribution in [0.25, 0.3) is 11.1 Å². The lowest BCUT2D eigenvalue weighted by Crippen LogP contribution is -1.98. The molecular weight excluding hydrogens is 343 g/mol. The van der Waals surface area contributed by atoms with E-state index in [0.29, 0.717) is 28.3 Å². The van der Waals surface area contributed by atoms with Crippen molar-refractivity contribution in [3.8, 4) is 16.9 Å². The van der Waals surface area contributed by atoms with Crippen molar-refractivity contribution in [2.24, 2.45) is 0 Å². The quantitative estimate of drug-likeness (QED) is 0.644. The van der Waals surface area contributed by atoms with Crippen molar-refractivity contribution in [2.45, 2.75) is 12.8 Å². The summed E-state index contributed by atoms with van der Waals surface area (Å²) in [6.07, 6.45) is 1.58. The third kappa shape index (κ3) is 3.33. The zero-order valence-electron chi connectivity index (χ0n) is 11.1. The molecule has 0 unspecified atom stereocenters. The first-order chi connectivity index (χ1) is 9.67. The standard InChI is InChI=1S/C16H15BrClFO/c1-20-14-8-7-11(5-3-9-17)16(19)15(14)12-4-2-6-13(18)10-12/h2,4,6-8,10H,3,5,9H2,1H3. The van der Waals surface area contributed by atoms with Gasteiger partial charge < -0.3 is 4.74 Å². The lowest BCUT2D eigenvalue weighted by Gasteiger charge is -2.13. The van der Waals surface area contributed by atoms with Crippen molar-refractivity contribution in [1.29, 1.82) is 0 Å². The SMILES string of the molecule is COc1ccc(CCCBr)c(F)c1-c1cccc(Cl)c1. The number of halogens is 3. The normalized spacial score (nSPS) is 10.6. The van der Waals surface area contributed by atoms with Crippen molar-refractivity contribution < 1.29 is 9.13 Å². The molecule has 0 bridgehead atoms. The van der Waals surface area contributed by atoms with Crippen LogP contribution in [-0.2, 0) is 6.42 Å². The molecule has 20 heavy (non-hydrogen) atoms. The maximum atomic E-state index is 14.7. The van der Waals surface area contributed by atoms with Gasteiger partial charge in [0.15, 0.2) is 0 Å². The first kappa shape index (κ1) is 15.3. The average molecular weight is 358 g/mol. The van der Waals surface area contributed by atoms with E-state index in [4.69, 9.17) is 16.3 Å². The van der Waals surface area contributed by atoms with E-state index in [1.54, 1.807) is 25.3 Å². The third-order valence-corrected chi connectivity index (χ3v) is 3.89. The van der Waals surface area contributed by atoms with Gasteiger partial charge in [-0.05, 0) is 42.2 Å². The van der Waals surface area contributed by atoms with Crippen LogP contribution in [0.4, 0.5) is 4.39 Å². The molecule has 0 saturated carbocycles. The molecule has 1 nitrogen and oxygen atoms in total. The molecule has 106 valence electrons. The van der Waals surface area contributed by atoms with Crippen LogP contribution in [0.15, 0.2) is 36.4 Å². The van der Waals surface area contributed by atoms with Crippen LogP contribution in [0.2, 0.25) is 5.02 Å². The molecule has 0 radical (unpaired) electrons. The van der Waals surface area contributed by atoms with Crippen LogP contribution in [0.3, 0.4) is 0 Å². The lowest BCUT2D eigenvalue weighted by atomic mass is 9.99. The molecule has 2 aromatic carbocycles. The maximum Gasteiger partial charge on any atom is 0.137 e. The summed E-state index contributed by atoms with van der Waals surface area (Å²) in [5.41, 5.74) is 1.90. The summed E-state index contributed by atoms with van der Waals surface area (Å²) in [6.45, 7) is 0. The summed E-state index contributed by atoms with van der Waals surface area (Å²) >= 11 is 9.36. The van der Waals surface area contributed by atoms with Gasteiger partial charge in [0.25, 0.3) is 0 Å². The van der Waals surface area contributed by atoms with E-state index in [9.17, 15) is 4.39 Å². The summed E-state index contributed by atoms with van der Waals surface area (Å²) in [5, 5.41) is 1.43. The second-order valence-electron chi connectivity index (χ2n) is 4.42. The number of alkyl halides is 1. The largest absolute Gasteiger partial charge is 0.496 e. The monoisotopic (exact) mass is 356 g/mol. The summed E-state index contributed by atoms with van der Waals surface area (Å²) in [5.74, 6) is 0.292. The number of hydrogen-bond acceptors (Lipinski definition) is 1. The molecule has 0 spiro atoms. The van der Waals surface area contributed by atoms with Crippen LogP contribution in [0, 0.1) is 5.82 Å². The van der Waals surface area contributed by atoms with Gasteiger partial charge in [0, 0.05) is 10.4 Å². The number of benzene rings is 2. The number of hydrogen-bond donors (Lipinski definition) is 0. The maximum absolute atomic E-state index is 14.7. The molecule has 0 aliphatic heterocycles. The summed E-state index contributed by atoms with van der Waals surface area (Å²) < 4.78 is 20.0. The minimum Gasteiger partial charge on any atom is -0.496 e. The zero-order chi connectivity index (χ0) is 14.5. The molecular formula is C16H15BrClFO. The van der Waals surface area contributed by atoms with Gasteiger partial charge in [-0.2, -0.15) is 0 Å². The van der Waals surface area contributed by atoms with Gasteiger partial charge in [-0.15, -0.1) is 0 Å². The zero-order valence-corrected chi connectivity index (χ0v) is 13.5. The molecule has 0 aromatic heterocycles. The minimum atomic E-state index is -0.229. The second-order valence-corrected chi connectivity index (χ2v) is 5.65. The Kier molecular flexibility index (Phi) is 5.44. The molecule has 0 heterocycles. The van der Waals surface area contributed by atoms with Gasteiger partial charge in [-0.1, -0.05) is 45.7 Å². The smallest absolute Gasteiger partial charge is 0.137 e. The number of rotatable bonds is 5. The van der Waals surface area contributed by atoms with E-state index in [1.165, 1.54) is 0 Å². The van der Waals surface area contributed by atoms with Crippen LogP contribution < -0.4 is 4.74 Å². The van der Waals surface area contributed by atoms with Crippen molar-refractivity contribution in [3.63, 3.8) is 0 Å². The van der Waals surface area contributed by atoms with E-state index in [0.717, 1.165) is 17.3 Å². The van der Waals surface area contributed by atoms with Gasteiger partial charge in [0.05, 0.1) is 12.7 Å².